The van der Waals surface area contributed by atoms with E-state index in [1.807, 2.05) is 0 Å². The number of rotatable bonds is 4. The zero-order valence-electron chi connectivity index (χ0n) is 14.8. The molecule has 1 aromatic carbocycles. The lowest BCUT2D eigenvalue weighted by molar-refractivity contribution is -0.384. The zero-order valence-corrected chi connectivity index (χ0v) is 15.6. The van der Waals surface area contributed by atoms with Crippen LogP contribution < -0.4 is 10.7 Å². The lowest BCUT2D eigenvalue weighted by Gasteiger charge is -2.48. The summed E-state index contributed by atoms with van der Waals surface area (Å²) in [5.41, 5.74) is 3.69. The molecule has 3 atom stereocenters. The fourth-order valence-electron chi connectivity index (χ4n) is 4.52. The monoisotopic (exact) mass is 360 g/mol. The van der Waals surface area contributed by atoms with Crippen LogP contribution in [0.5, 0.6) is 0 Å². The second-order valence-corrected chi connectivity index (χ2v) is 8.22. The summed E-state index contributed by atoms with van der Waals surface area (Å²) >= 11 is 5.42. The van der Waals surface area contributed by atoms with Crippen LogP contribution in [0.25, 0.3) is 0 Å². The lowest BCUT2D eigenvalue weighted by Crippen LogP contribution is -2.60. The zero-order chi connectivity index (χ0) is 18.2. The first-order chi connectivity index (χ1) is 11.7. The molecule has 0 aliphatic heterocycles. The highest BCUT2D eigenvalue weighted by atomic mass is 32.1. The second-order valence-electron chi connectivity index (χ2n) is 7.81. The average Bonchev–Trinajstić information content (AvgIpc) is 3.10. The summed E-state index contributed by atoms with van der Waals surface area (Å²) in [7, 11) is 0. The predicted octanol–water partition coefficient (Wildman–Crippen LogP) is 3.61. The van der Waals surface area contributed by atoms with Gasteiger partial charge in [-0.25, -0.2) is 0 Å². The Bertz CT molecular complexity index is 734. The van der Waals surface area contributed by atoms with Crippen LogP contribution in [-0.4, -0.2) is 21.8 Å². The summed E-state index contributed by atoms with van der Waals surface area (Å²) in [6, 6.07) is 6.32. The van der Waals surface area contributed by atoms with Gasteiger partial charge in [0.05, 0.1) is 11.1 Å². The molecule has 2 N–H and O–H groups in total. The van der Waals surface area contributed by atoms with E-state index in [1.54, 1.807) is 12.1 Å². The molecule has 0 aromatic heterocycles. The van der Waals surface area contributed by atoms with Gasteiger partial charge in [0.15, 0.2) is 5.11 Å². The Hall–Kier alpha value is -2.02. The van der Waals surface area contributed by atoms with Crippen molar-refractivity contribution < 1.29 is 4.92 Å². The van der Waals surface area contributed by atoms with Crippen LogP contribution in [0.1, 0.15) is 45.6 Å². The molecule has 0 heterocycles. The number of nitro benzene ring substituents is 1. The summed E-state index contributed by atoms with van der Waals surface area (Å²) in [5.74, 6) is 1.37. The summed E-state index contributed by atoms with van der Waals surface area (Å²) in [4.78, 5) is 10.4. The third-order valence-electron chi connectivity index (χ3n) is 6.44. The van der Waals surface area contributed by atoms with E-state index >= 15 is 0 Å². The average molecular weight is 360 g/mol. The van der Waals surface area contributed by atoms with Crippen LogP contribution in [0.15, 0.2) is 29.4 Å². The van der Waals surface area contributed by atoms with Crippen molar-refractivity contribution >= 4 is 29.2 Å². The van der Waals surface area contributed by atoms with Crippen LogP contribution in [0.4, 0.5) is 5.69 Å². The predicted molar refractivity (Wildman–Crippen MR) is 103 cm³/mol. The minimum absolute atomic E-state index is 0.0406. The quantitative estimate of drug-likeness (QED) is 0.371. The molecular formula is C18H24N4O2S. The third-order valence-corrected chi connectivity index (χ3v) is 6.64. The van der Waals surface area contributed by atoms with Crippen LogP contribution in [0.2, 0.25) is 0 Å². The maximum absolute atomic E-state index is 10.8. The highest BCUT2D eigenvalue weighted by Gasteiger charge is 2.60. The minimum Gasteiger partial charge on any atom is -0.355 e. The number of nitrogens with one attached hydrogen (secondary N) is 2. The van der Waals surface area contributed by atoms with Gasteiger partial charge in [-0.15, -0.1) is 0 Å². The Labute approximate surface area is 153 Å². The first-order valence-electron chi connectivity index (χ1n) is 8.60. The van der Waals surface area contributed by atoms with Crippen molar-refractivity contribution in [1.82, 2.24) is 10.7 Å². The number of nitrogens with zero attached hydrogens (tertiary/aromatic N) is 2. The molecular weight excluding hydrogens is 336 g/mol. The van der Waals surface area contributed by atoms with E-state index < -0.39 is 4.92 Å². The van der Waals surface area contributed by atoms with E-state index in [-0.39, 0.29) is 16.6 Å². The van der Waals surface area contributed by atoms with Crippen LogP contribution in [0.3, 0.4) is 0 Å². The van der Waals surface area contributed by atoms with E-state index in [9.17, 15) is 10.1 Å². The Kier molecular flexibility index (Phi) is 4.53. The molecule has 2 aliphatic carbocycles. The smallest absolute Gasteiger partial charge is 0.270 e. The molecule has 2 aliphatic rings. The highest BCUT2D eigenvalue weighted by Crippen LogP contribution is 2.61. The first kappa shape index (κ1) is 17.8. The van der Waals surface area contributed by atoms with E-state index in [0.29, 0.717) is 16.6 Å². The Morgan fingerprint density at radius 1 is 1.36 bits per heavy atom. The molecule has 2 fully saturated rings. The molecule has 0 saturated heterocycles. The molecule has 3 unspecified atom stereocenters. The van der Waals surface area contributed by atoms with Crippen molar-refractivity contribution in [3.05, 3.63) is 39.9 Å². The Morgan fingerprint density at radius 2 is 2.08 bits per heavy atom. The van der Waals surface area contributed by atoms with E-state index in [1.165, 1.54) is 37.6 Å². The SMILES string of the molecule is CC1(C)C2CCC(C2)C1(C)NC(=S)N/N=C/c1cccc([N+](=O)[O-])c1. The molecule has 6 nitrogen and oxygen atoms in total. The third kappa shape index (κ3) is 3.13. The van der Waals surface area contributed by atoms with E-state index in [0.717, 1.165) is 5.92 Å². The van der Waals surface area contributed by atoms with Gasteiger partial charge in [0, 0.05) is 23.2 Å². The van der Waals surface area contributed by atoms with Crippen molar-refractivity contribution in [1.29, 1.82) is 0 Å². The summed E-state index contributed by atoms with van der Waals surface area (Å²) in [6.07, 6.45) is 5.35. The molecule has 2 bridgehead atoms. The summed E-state index contributed by atoms with van der Waals surface area (Å²) < 4.78 is 0. The maximum Gasteiger partial charge on any atom is 0.270 e. The number of benzene rings is 1. The molecule has 25 heavy (non-hydrogen) atoms. The Morgan fingerprint density at radius 3 is 2.72 bits per heavy atom. The van der Waals surface area contributed by atoms with Crippen LogP contribution >= 0.6 is 12.2 Å². The van der Waals surface area contributed by atoms with Crippen molar-refractivity contribution in [2.75, 3.05) is 0 Å². The first-order valence-corrected chi connectivity index (χ1v) is 9.00. The van der Waals surface area contributed by atoms with Crippen LogP contribution in [-0.2, 0) is 0 Å². The van der Waals surface area contributed by atoms with E-state index in [4.69, 9.17) is 12.2 Å². The molecule has 0 radical (unpaired) electrons. The standard InChI is InChI=1S/C18H24N4O2S/c1-17(2)13-7-8-14(10-13)18(17,3)20-16(25)21-19-11-12-5-4-6-15(9-12)22(23)24/h4-6,9,11,13-14H,7-8,10H2,1-3H3,(H2,20,21,25)/b19-11+. The largest absolute Gasteiger partial charge is 0.355 e. The van der Waals surface area contributed by atoms with Gasteiger partial charge in [0.2, 0.25) is 0 Å². The van der Waals surface area contributed by atoms with Crippen molar-refractivity contribution in [3.8, 4) is 0 Å². The topological polar surface area (TPSA) is 79.6 Å². The van der Waals surface area contributed by atoms with Gasteiger partial charge >= 0.3 is 0 Å². The fraction of sp³-hybridized carbons (Fsp3) is 0.556. The second kappa shape index (κ2) is 6.37. The van der Waals surface area contributed by atoms with Gasteiger partial charge in [-0.3, -0.25) is 15.5 Å². The van der Waals surface area contributed by atoms with Crippen molar-refractivity contribution in [2.45, 2.75) is 45.6 Å². The number of non-ortho nitro benzene ring substituents is 1. The van der Waals surface area contributed by atoms with Gasteiger partial charge < -0.3 is 5.32 Å². The molecule has 0 spiro atoms. The molecule has 0 amide bonds. The number of hydrogen-bond acceptors (Lipinski definition) is 4. The minimum atomic E-state index is -0.422. The van der Waals surface area contributed by atoms with Gasteiger partial charge in [0.25, 0.3) is 5.69 Å². The fourth-order valence-corrected chi connectivity index (χ4v) is 4.79. The molecule has 3 rings (SSSR count). The summed E-state index contributed by atoms with van der Waals surface area (Å²) in [5, 5.41) is 18.9. The number of hydrogen-bond donors (Lipinski definition) is 2. The van der Waals surface area contributed by atoms with Gasteiger partial charge in [-0.2, -0.15) is 5.10 Å². The summed E-state index contributed by atoms with van der Waals surface area (Å²) in [6.45, 7) is 6.90. The van der Waals surface area contributed by atoms with E-state index in [2.05, 4.69) is 36.6 Å². The normalized spacial score (nSPS) is 29.7. The number of fused-ring (bicyclic) bond motifs is 2. The van der Waals surface area contributed by atoms with Crippen molar-refractivity contribution in [3.63, 3.8) is 0 Å². The maximum atomic E-state index is 10.8. The van der Waals surface area contributed by atoms with Gasteiger partial charge in [0.1, 0.15) is 0 Å². The van der Waals surface area contributed by atoms with Crippen molar-refractivity contribution in [2.24, 2.45) is 22.4 Å². The van der Waals surface area contributed by atoms with Crippen LogP contribution in [0, 0.1) is 27.4 Å². The molecule has 134 valence electrons. The lowest BCUT2D eigenvalue weighted by atomic mass is 9.64. The highest BCUT2D eigenvalue weighted by molar-refractivity contribution is 7.80. The number of hydrazone groups is 1. The van der Waals surface area contributed by atoms with Gasteiger partial charge in [-0.05, 0) is 55.7 Å². The van der Waals surface area contributed by atoms with Gasteiger partial charge in [-0.1, -0.05) is 26.0 Å². The molecule has 2 saturated carbocycles. The Balaban J connectivity index is 1.62. The molecule has 1 aromatic rings. The molecule has 7 heteroatoms. The number of thiocarbonyl (C=S) groups is 1. The number of nitro groups is 1.